The summed E-state index contributed by atoms with van der Waals surface area (Å²) in [4.78, 5) is 0. The third kappa shape index (κ3) is 2.34. The average Bonchev–Trinajstić information content (AvgIpc) is 2.73. The molecule has 1 fully saturated rings. The molecule has 1 nitrogen and oxygen atoms in total. The second kappa shape index (κ2) is 4.76. The summed E-state index contributed by atoms with van der Waals surface area (Å²) in [6.45, 7) is 5.85. The van der Waals surface area contributed by atoms with E-state index in [4.69, 9.17) is 0 Å². The Bertz CT molecular complexity index is 509. The first-order valence-electron chi connectivity index (χ1n) is 7.00. The van der Waals surface area contributed by atoms with Gasteiger partial charge < -0.3 is 5.11 Å². The van der Waals surface area contributed by atoms with E-state index in [0.717, 1.165) is 16.7 Å². The number of benzene rings is 1. The zero-order valence-electron chi connectivity index (χ0n) is 12.1. The fraction of sp³-hybridized carbons (Fsp3) is 0.625. The highest BCUT2D eigenvalue weighted by Gasteiger charge is 2.61. The molecular weight excluding hydrogens is 265 g/mol. The quantitative estimate of drug-likeness (QED) is 0.852. The lowest BCUT2D eigenvalue weighted by atomic mass is 9.75. The lowest BCUT2D eigenvalue weighted by Crippen LogP contribution is -2.44. The summed E-state index contributed by atoms with van der Waals surface area (Å²) in [6.07, 6.45) is -4.01. The summed E-state index contributed by atoms with van der Waals surface area (Å²) < 4.78 is 39.1. The molecule has 0 saturated heterocycles. The zero-order chi connectivity index (χ0) is 15.2. The van der Waals surface area contributed by atoms with E-state index < -0.39 is 17.2 Å². The molecule has 2 rings (SSSR count). The van der Waals surface area contributed by atoms with Crippen molar-refractivity contribution in [3.8, 4) is 0 Å². The summed E-state index contributed by atoms with van der Waals surface area (Å²) in [7, 11) is 0. The first-order valence-corrected chi connectivity index (χ1v) is 7.00. The van der Waals surface area contributed by atoms with E-state index in [-0.39, 0.29) is 12.8 Å². The fourth-order valence-corrected chi connectivity index (χ4v) is 3.25. The molecule has 0 heterocycles. The van der Waals surface area contributed by atoms with Crippen molar-refractivity contribution in [3.05, 3.63) is 34.9 Å². The summed E-state index contributed by atoms with van der Waals surface area (Å²) in [5.41, 5.74) is 0.0231. The van der Waals surface area contributed by atoms with Gasteiger partial charge in [0, 0.05) is 0 Å². The van der Waals surface area contributed by atoms with Crippen LogP contribution < -0.4 is 0 Å². The van der Waals surface area contributed by atoms with Crippen LogP contribution in [-0.4, -0.2) is 16.9 Å². The summed E-state index contributed by atoms with van der Waals surface area (Å²) in [5, 5.41) is 9.95. The third-order valence-electron chi connectivity index (χ3n) is 4.97. The molecule has 2 atom stereocenters. The van der Waals surface area contributed by atoms with Gasteiger partial charge >= 0.3 is 6.18 Å². The van der Waals surface area contributed by atoms with Gasteiger partial charge in [-0.3, -0.25) is 0 Å². The minimum absolute atomic E-state index is 0.211. The van der Waals surface area contributed by atoms with Gasteiger partial charge in [0.15, 0.2) is 5.60 Å². The van der Waals surface area contributed by atoms with Crippen LogP contribution in [0.5, 0.6) is 0 Å². The molecule has 1 aromatic rings. The van der Waals surface area contributed by atoms with Crippen molar-refractivity contribution in [3.63, 3.8) is 0 Å². The maximum Gasteiger partial charge on any atom is 0.417 e. The van der Waals surface area contributed by atoms with E-state index >= 15 is 0 Å². The normalized spacial score (nSPS) is 30.8. The molecule has 1 aliphatic carbocycles. The van der Waals surface area contributed by atoms with E-state index in [0.29, 0.717) is 12.8 Å². The van der Waals surface area contributed by atoms with Crippen molar-refractivity contribution in [1.29, 1.82) is 0 Å². The predicted molar refractivity (Wildman–Crippen MR) is 72.7 cm³/mol. The van der Waals surface area contributed by atoms with Gasteiger partial charge in [-0.25, -0.2) is 0 Å². The molecule has 0 aromatic heterocycles. The van der Waals surface area contributed by atoms with Gasteiger partial charge in [-0.1, -0.05) is 25.1 Å². The molecule has 1 aromatic carbocycles. The molecule has 0 amide bonds. The van der Waals surface area contributed by atoms with E-state index in [1.807, 2.05) is 39.0 Å². The Hall–Kier alpha value is -1.03. The second-order valence-corrected chi connectivity index (χ2v) is 6.14. The minimum Gasteiger partial charge on any atom is -0.380 e. The fourth-order valence-electron chi connectivity index (χ4n) is 3.25. The summed E-state index contributed by atoms with van der Waals surface area (Å²) in [6, 6.07) is 5.84. The number of hydrogen-bond acceptors (Lipinski definition) is 1. The molecule has 0 aliphatic heterocycles. The molecule has 0 spiro atoms. The van der Waals surface area contributed by atoms with Gasteiger partial charge in [-0.05, 0) is 61.6 Å². The Balaban J connectivity index is 2.40. The van der Waals surface area contributed by atoms with E-state index in [2.05, 4.69) is 0 Å². The number of hydrogen-bond donors (Lipinski definition) is 1. The topological polar surface area (TPSA) is 20.2 Å². The number of halogens is 3. The smallest absolute Gasteiger partial charge is 0.380 e. The summed E-state index contributed by atoms with van der Waals surface area (Å²) in [5.74, 6) is 0. The van der Waals surface area contributed by atoms with Gasteiger partial charge in [0.05, 0.1) is 0 Å². The van der Waals surface area contributed by atoms with Gasteiger partial charge in [0.1, 0.15) is 0 Å². The molecule has 2 unspecified atom stereocenters. The van der Waals surface area contributed by atoms with Crippen LogP contribution in [-0.2, 0) is 5.41 Å². The number of aryl methyl sites for hydroxylation is 2. The Morgan fingerprint density at radius 1 is 1.15 bits per heavy atom. The number of rotatable bonds is 2. The van der Waals surface area contributed by atoms with Crippen LogP contribution in [0.1, 0.15) is 49.3 Å². The predicted octanol–water partition coefficient (Wildman–Crippen LogP) is 4.43. The highest BCUT2D eigenvalue weighted by molar-refractivity contribution is 5.36. The molecule has 0 radical (unpaired) electrons. The monoisotopic (exact) mass is 286 g/mol. The van der Waals surface area contributed by atoms with Crippen LogP contribution in [0.2, 0.25) is 0 Å². The van der Waals surface area contributed by atoms with Crippen molar-refractivity contribution in [2.24, 2.45) is 0 Å². The zero-order valence-corrected chi connectivity index (χ0v) is 12.1. The highest BCUT2D eigenvalue weighted by atomic mass is 19.4. The van der Waals surface area contributed by atoms with Gasteiger partial charge in [-0.2, -0.15) is 13.2 Å². The number of aliphatic hydroxyl groups is 1. The Morgan fingerprint density at radius 2 is 1.80 bits per heavy atom. The molecule has 1 N–H and O–H groups in total. The van der Waals surface area contributed by atoms with Gasteiger partial charge in [-0.15, -0.1) is 0 Å². The maximum atomic E-state index is 13.0. The van der Waals surface area contributed by atoms with Gasteiger partial charge in [0.25, 0.3) is 0 Å². The lowest BCUT2D eigenvalue weighted by molar-refractivity contribution is -0.258. The molecule has 0 bridgehead atoms. The SMILES string of the molecule is CCC1(c2ccc(C)c(C)c2)CCC(O)(C(F)(F)F)C1. The first kappa shape index (κ1) is 15.4. The van der Waals surface area contributed by atoms with Crippen molar-refractivity contribution in [2.75, 3.05) is 0 Å². The van der Waals surface area contributed by atoms with Crippen LogP contribution in [0.15, 0.2) is 18.2 Å². The molecular formula is C16H21F3O. The standard InChI is InChI=1S/C16H21F3O/c1-4-14(13-6-5-11(2)12(3)9-13)7-8-15(20,10-14)16(17,18)19/h5-6,9,20H,4,7-8,10H2,1-3H3. The number of alkyl halides is 3. The van der Waals surface area contributed by atoms with Crippen LogP contribution in [0, 0.1) is 13.8 Å². The third-order valence-corrected chi connectivity index (χ3v) is 4.97. The van der Waals surface area contributed by atoms with Crippen LogP contribution >= 0.6 is 0 Å². The second-order valence-electron chi connectivity index (χ2n) is 6.14. The maximum absolute atomic E-state index is 13.0. The van der Waals surface area contributed by atoms with Crippen molar-refractivity contribution < 1.29 is 18.3 Å². The van der Waals surface area contributed by atoms with Crippen molar-refractivity contribution in [2.45, 2.75) is 63.6 Å². The van der Waals surface area contributed by atoms with E-state index in [9.17, 15) is 18.3 Å². The van der Waals surface area contributed by atoms with Crippen molar-refractivity contribution >= 4 is 0 Å². The lowest BCUT2D eigenvalue weighted by Gasteiger charge is -2.32. The Labute approximate surface area is 117 Å². The largest absolute Gasteiger partial charge is 0.417 e. The van der Waals surface area contributed by atoms with E-state index in [1.165, 1.54) is 0 Å². The highest BCUT2D eigenvalue weighted by Crippen LogP contribution is 2.54. The Kier molecular flexibility index (Phi) is 3.66. The molecule has 4 heteroatoms. The van der Waals surface area contributed by atoms with E-state index in [1.54, 1.807) is 0 Å². The van der Waals surface area contributed by atoms with Crippen molar-refractivity contribution in [1.82, 2.24) is 0 Å². The van der Waals surface area contributed by atoms with Crippen LogP contribution in [0.4, 0.5) is 13.2 Å². The van der Waals surface area contributed by atoms with Crippen LogP contribution in [0.25, 0.3) is 0 Å². The molecule has 1 saturated carbocycles. The van der Waals surface area contributed by atoms with Gasteiger partial charge in [0.2, 0.25) is 0 Å². The first-order chi connectivity index (χ1) is 9.13. The molecule has 1 aliphatic rings. The molecule has 20 heavy (non-hydrogen) atoms. The summed E-state index contributed by atoms with van der Waals surface area (Å²) >= 11 is 0. The molecule has 112 valence electrons. The Morgan fingerprint density at radius 3 is 2.25 bits per heavy atom. The average molecular weight is 286 g/mol. The van der Waals surface area contributed by atoms with Crippen LogP contribution in [0.3, 0.4) is 0 Å². The minimum atomic E-state index is -4.55.